The van der Waals surface area contributed by atoms with E-state index in [1.807, 2.05) is 38.1 Å². The van der Waals surface area contributed by atoms with E-state index in [1.54, 1.807) is 16.4 Å². The average molecular weight is 431 g/mol. The van der Waals surface area contributed by atoms with Crippen molar-refractivity contribution in [3.8, 4) is 5.75 Å². The van der Waals surface area contributed by atoms with Crippen molar-refractivity contribution in [2.75, 3.05) is 19.7 Å². The number of carbonyl (C=O) groups excluding carboxylic acids is 1. The molecule has 1 N–H and O–H groups in total. The first-order valence-electron chi connectivity index (χ1n) is 10.5. The molecule has 0 spiro atoms. The highest BCUT2D eigenvalue weighted by molar-refractivity contribution is 7.89. The summed E-state index contributed by atoms with van der Waals surface area (Å²) in [5.74, 6) is 0.466. The first-order valence-corrected chi connectivity index (χ1v) is 12.0. The molecule has 0 bridgehead atoms. The van der Waals surface area contributed by atoms with Gasteiger partial charge in [-0.25, -0.2) is 8.42 Å². The molecule has 0 unspecified atom stereocenters. The predicted molar refractivity (Wildman–Crippen MR) is 117 cm³/mol. The van der Waals surface area contributed by atoms with Crippen LogP contribution in [0.1, 0.15) is 54.1 Å². The zero-order valence-corrected chi connectivity index (χ0v) is 18.5. The Labute approximate surface area is 179 Å². The van der Waals surface area contributed by atoms with Gasteiger partial charge in [0.1, 0.15) is 5.75 Å². The maximum atomic E-state index is 13.1. The Morgan fingerprint density at radius 3 is 2.50 bits per heavy atom. The van der Waals surface area contributed by atoms with Gasteiger partial charge in [0.2, 0.25) is 10.0 Å². The average Bonchev–Trinajstić information content (AvgIpc) is 3.03. The van der Waals surface area contributed by atoms with E-state index in [-0.39, 0.29) is 10.8 Å². The van der Waals surface area contributed by atoms with Crippen LogP contribution in [0.25, 0.3) is 0 Å². The molecular weight excluding hydrogens is 400 g/mol. The molecule has 1 fully saturated rings. The van der Waals surface area contributed by atoms with Gasteiger partial charge in [-0.05, 0) is 62.1 Å². The molecule has 1 aliphatic heterocycles. The van der Waals surface area contributed by atoms with E-state index < -0.39 is 10.0 Å². The molecule has 162 valence electrons. The lowest BCUT2D eigenvalue weighted by Gasteiger charge is -2.20. The number of benzene rings is 2. The van der Waals surface area contributed by atoms with E-state index in [0.29, 0.717) is 31.8 Å². The lowest BCUT2D eigenvalue weighted by molar-refractivity contribution is 0.0950. The van der Waals surface area contributed by atoms with Crippen molar-refractivity contribution in [1.29, 1.82) is 0 Å². The van der Waals surface area contributed by atoms with Gasteiger partial charge in [-0.15, -0.1) is 0 Å². The molecule has 0 aliphatic carbocycles. The largest absolute Gasteiger partial charge is 0.494 e. The van der Waals surface area contributed by atoms with Crippen molar-refractivity contribution in [3.63, 3.8) is 0 Å². The first-order chi connectivity index (χ1) is 14.4. The Bertz CT molecular complexity index is 980. The Morgan fingerprint density at radius 1 is 1.07 bits per heavy atom. The number of hydrogen-bond acceptors (Lipinski definition) is 4. The molecule has 0 saturated carbocycles. The highest BCUT2D eigenvalue weighted by Crippen LogP contribution is 2.23. The smallest absolute Gasteiger partial charge is 0.251 e. The molecule has 0 aromatic heterocycles. The van der Waals surface area contributed by atoms with Gasteiger partial charge < -0.3 is 10.1 Å². The molecule has 3 rings (SSSR count). The third-order valence-corrected chi connectivity index (χ3v) is 7.21. The molecule has 30 heavy (non-hydrogen) atoms. The summed E-state index contributed by atoms with van der Waals surface area (Å²) < 4.78 is 33.2. The monoisotopic (exact) mass is 430 g/mol. The second kappa shape index (κ2) is 10.1. The predicted octanol–water partition coefficient (Wildman–Crippen LogP) is 3.89. The number of nitrogens with zero attached hydrogens (tertiary/aromatic N) is 1. The molecule has 1 amide bonds. The molecule has 6 nitrogen and oxygen atoms in total. The van der Waals surface area contributed by atoms with Gasteiger partial charge in [0.05, 0.1) is 11.5 Å². The molecule has 1 aliphatic rings. The number of nitrogens with one attached hydrogen (secondary N) is 1. The van der Waals surface area contributed by atoms with Crippen LogP contribution in [-0.4, -0.2) is 38.3 Å². The van der Waals surface area contributed by atoms with Crippen LogP contribution in [0, 0.1) is 6.92 Å². The number of sulfonamides is 1. The maximum absolute atomic E-state index is 13.1. The highest BCUT2D eigenvalue weighted by Gasteiger charge is 2.26. The number of rotatable bonds is 7. The quantitative estimate of drug-likeness (QED) is 0.723. The van der Waals surface area contributed by atoms with Crippen LogP contribution in [0.4, 0.5) is 0 Å². The molecule has 2 aromatic rings. The van der Waals surface area contributed by atoms with Crippen LogP contribution in [0.5, 0.6) is 5.75 Å². The van der Waals surface area contributed by atoms with Crippen LogP contribution in [-0.2, 0) is 16.6 Å². The second-order valence-corrected chi connectivity index (χ2v) is 9.50. The molecule has 2 aromatic carbocycles. The van der Waals surface area contributed by atoms with Gasteiger partial charge in [-0.3, -0.25) is 4.79 Å². The molecule has 1 heterocycles. The highest BCUT2D eigenvalue weighted by atomic mass is 32.2. The number of carbonyl (C=O) groups is 1. The summed E-state index contributed by atoms with van der Waals surface area (Å²) in [6.45, 7) is 5.72. The van der Waals surface area contributed by atoms with Gasteiger partial charge in [0, 0.05) is 25.2 Å². The van der Waals surface area contributed by atoms with Crippen molar-refractivity contribution in [2.45, 2.75) is 51.0 Å². The van der Waals surface area contributed by atoms with E-state index in [0.717, 1.165) is 42.6 Å². The van der Waals surface area contributed by atoms with Crippen molar-refractivity contribution in [2.24, 2.45) is 0 Å². The Hall–Kier alpha value is -2.38. The molecule has 0 atom stereocenters. The minimum absolute atomic E-state index is 0.179. The van der Waals surface area contributed by atoms with E-state index in [2.05, 4.69) is 5.32 Å². The number of amides is 1. The topological polar surface area (TPSA) is 75.7 Å². The van der Waals surface area contributed by atoms with Crippen molar-refractivity contribution in [1.82, 2.24) is 9.62 Å². The number of ether oxygens (including phenoxy) is 1. The third kappa shape index (κ3) is 5.40. The number of aryl methyl sites for hydroxylation is 1. The zero-order chi connectivity index (χ0) is 21.6. The standard InChI is InChI=1S/C23H30N2O4S/c1-3-29-20-10-8-9-19(15-20)17-24-23(26)22-16-21(12-11-18(22)2)30(27,28)25-13-6-4-5-7-14-25/h8-12,15-16H,3-7,13-14,17H2,1-2H3,(H,24,26). The third-order valence-electron chi connectivity index (χ3n) is 5.32. The minimum atomic E-state index is -3.60. The molecule has 7 heteroatoms. The summed E-state index contributed by atoms with van der Waals surface area (Å²) in [4.78, 5) is 13.0. The van der Waals surface area contributed by atoms with Gasteiger partial charge in [0.25, 0.3) is 5.91 Å². The minimum Gasteiger partial charge on any atom is -0.494 e. The lowest BCUT2D eigenvalue weighted by Crippen LogP contribution is -2.32. The van der Waals surface area contributed by atoms with Crippen molar-refractivity contribution >= 4 is 15.9 Å². The van der Waals surface area contributed by atoms with Crippen LogP contribution in [0.3, 0.4) is 0 Å². The summed E-state index contributed by atoms with van der Waals surface area (Å²) in [5.41, 5.74) is 2.04. The van der Waals surface area contributed by atoms with E-state index in [9.17, 15) is 13.2 Å². The zero-order valence-electron chi connectivity index (χ0n) is 17.7. The first kappa shape index (κ1) is 22.3. The lowest BCUT2D eigenvalue weighted by atomic mass is 10.1. The summed E-state index contributed by atoms with van der Waals surface area (Å²) in [6.07, 6.45) is 3.86. The Morgan fingerprint density at radius 2 is 1.80 bits per heavy atom. The van der Waals surface area contributed by atoms with E-state index >= 15 is 0 Å². The van der Waals surface area contributed by atoms with Gasteiger partial charge in [-0.1, -0.05) is 31.0 Å². The van der Waals surface area contributed by atoms with Crippen LogP contribution in [0.15, 0.2) is 47.4 Å². The molecule has 1 saturated heterocycles. The van der Waals surface area contributed by atoms with Gasteiger partial charge >= 0.3 is 0 Å². The van der Waals surface area contributed by atoms with Gasteiger partial charge in [-0.2, -0.15) is 4.31 Å². The van der Waals surface area contributed by atoms with Gasteiger partial charge in [0.15, 0.2) is 0 Å². The summed E-state index contributed by atoms with van der Waals surface area (Å²) in [7, 11) is -3.60. The molecular formula is C23H30N2O4S. The Balaban J connectivity index is 1.75. The normalized spacial score (nSPS) is 15.4. The fraction of sp³-hybridized carbons (Fsp3) is 0.435. The summed E-state index contributed by atoms with van der Waals surface area (Å²) >= 11 is 0. The second-order valence-electron chi connectivity index (χ2n) is 7.56. The molecule has 0 radical (unpaired) electrons. The van der Waals surface area contributed by atoms with Crippen molar-refractivity contribution < 1.29 is 17.9 Å². The van der Waals surface area contributed by atoms with Crippen LogP contribution in [0.2, 0.25) is 0 Å². The summed E-state index contributed by atoms with van der Waals surface area (Å²) in [6, 6.07) is 12.4. The summed E-state index contributed by atoms with van der Waals surface area (Å²) in [5, 5.41) is 2.89. The van der Waals surface area contributed by atoms with E-state index in [1.165, 1.54) is 6.07 Å². The van der Waals surface area contributed by atoms with Crippen LogP contribution >= 0.6 is 0 Å². The number of hydrogen-bond donors (Lipinski definition) is 1. The fourth-order valence-corrected chi connectivity index (χ4v) is 5.17. The SMILES string of the molecule is CCOc1cccc(CNC(=O)c2cc(S(=O)(=O)N3CCCCCC3)ccc2C)c1. The van der Waals surface area contributed by atoms with E-state index in [4.69, 9.17) is 4.74 Å². The Kier molecular flexibility index (Phi) is 7.50. The fourth-order valence-electron chi connectivity index (χ4n) is 3.63. The maximum Gasteiger partial charge on any atom is 0.251 e. The van der Waals surface area contributed by atoms with Crippen LogP contribution < -0.4 is 10.1 Å². The van der Waals surface area contributed by atoms with Crippen molar-refractivity contribution in [3.05, 3.63) is 59.2 Å².